The molecule has 0 unspecified atom stereocenters. The Morgan fingerprint density at radius 1 is 1.03 bits per heavy atom. The molecule has 32 heavy (non-hydrogen) atoms. The van der Waals surface area contributed by atoms with E-state index < -0.39 is 5.97 Å². The van der Waals surface area contributed by atoms with Crippen molar-refractivity contribution in [1.29, 1.82) is 0 Å². The lowest BCUT2D eigenvalue weighted by Crippen LogP contribution is -2.01. The lowest BCUT2D eigenvalue weighted by atomic mass is 10.1. The minimum absolute atomic E-state index is 0.409. The van der Waals surface area contributed by atoms with Gasteiger partial charge in [0.25, 0.3) is 0 Å². The molecule has 0 aromatic heterocycles. The minimum Gasteiger partial charge on any atom is -0.490 e. The van der Waals surface area contributed by atoms with Crippen LogP contribution in [0.4, 0.5) is 0 Å². The van der Waals surface area contributed by atoms with Gasteiger partial charge in [-0.2, -0.15) is 0 Å². The second kappa shape index (κ2) is 10.1. The molecule has 0 radical (unpaired) electrons. The maximum atomic E-state index is 12.4. The highest BCUT2D eigenvalue weighted by molar-refractivity contribution is 9.10. The quantitative estimate of drug-likeness (QED) is 0.252. The molecule has 4 rings (SSSR count). The molecule has 0 atom stereocenters. The summed E-state index contributed by atoms with van der Waals surface area (Å²) in [6.45, 7) is 2.81. The summed E-state index contributed by atoms with van der Waals surface area (Å²) >= 11 is 9.53. The Labute approximate surface area is 200 Å². The number of halogens is 2. The van der Waals surface area contributed by atoms with E-state index in [-0.39, 0.29) is 0 Å². The van der Waals surface area contributed by atoms with Crippen LogP contribution in [0.5, 0.6) is 11.5 Å². The van der Waals surface area contributed by atoms with Crippen LogP contribution in [-0.4, -0.2) is 12.6 Å². The average molecular weight is 512 g/mol. The van der Waals surface area contributed by atoms with Crippen molar-refractivity contribution in [3.05, 3.63) is 105 Å². The van der Waals surface area contributed by atoms with Crippen molar-refractivity contribution in [1.82, 2.24) is 0 Å². The Morgan fingerprint density at radius 2 is 1.78 bits per heavy atom. The second-order valence-electron chi connectivity index (χ2n) is 7.04. The van der Waals surface area contributed by atoms with Gasteiger partial charge in [0.2, 0.25) is 0 Å². The standard InChI is InChI=1S/C26H20BrClO4/c1-2-30-24-14-18(13-22(27)25(24)31-16-17-6-4-3-5-7-17)12-20-15-23(32-26(20)29)19-8-10-21(28)11-9-19/h3-15H,2,16H2,1H3/b20-12+. The van der Waals surface area contributed by atoms with Gasteiger partial charge in [-0.3, -0.25) is 0 Å². The fourth-order valence-corrected chi connectivity index (χ4v) is 3.93. The van der Waals surface area contributed by atoms with E-state index in [0.717, 1.165) is 21.2 Å². The summed E-state index contributed by atoms with van der Waals surface area (Å²) in [5.74, 6) is 1.29. The number of cyclic esters (lactones) is 1. The number of carbonyl (C=O) groups is 1. The zero-order chi connectivity index (χ0) is 22.5. The molecule has 3 aromatic rings. The van der Waals surface area contributed by atoms with Gasteiger partial charge in [-0.15, -0.1) is 0 Å². The van der Waals surface area contributed by atoms with E-state index >= 15 is 0 Å². The lowest BCUT2D eigenvalue weighted by Gasteiger charge is -2.15. The van der Waals surface area contributed by atoms with E-state index in [2.05, 4.69) is 15.9 Å². The fraction of sp³-hybridized carbons (Fsp3) is 0.115. The van der Waals surface area contributed by atoms with Crippen LogP contribution < -0.4 is 9.47 Å². The Morgan fingerprint density at radius 3 is 2.50 bits per heavy atom. The molecule has 0 N–H and O–H groups in total. The van der Waals surface area contributed by atoms with Gasteiger partial charge in [0.05, 0.1) is 16.7 Å². The van der Waals surface area contributed by atoms with E-state index in [9.17, 15) is 4.79 Å². The molecule has 0 aliphatic carbocycles. The predicted molar refractivity (Wildman–Crippen MR) is 130 cm³/mol. The van der Waals surface area contributed by atoms with Gasteiger partial charge in [0, 0.05) is 10.6 Å². The number of rotatable bonds is 7. The van der Waals surface area contributed by atoms with Crippen LogP contribution in [0.15, 0.2) is 82.9 Å². The molecule has 0 spiro atoms. The van der Waals surface area contributed by atoms with E-state index in [1.165, 1.54) is 0 Å². The molecule has 0 bridgehead atoms. The zero-order valence-corrected chi connectivity index (χ0v) is 19.7. The zero-order valence-electron chi connectivity index (χ0n) is 17.3. The Kier molecular flexibility index (Phi) is 6.98. The Hall–Kier alpha value is -3.02. The van der Waals surface area contributed by atoms with Gasteiger partial charge in [-0.05, 0) is 82.5 Å². The molecule has 4 nitrogen and oxygen atoms in total. The third-order valence-electron chi connectivity index (χ3n) is 4.73. The summed E-state index contributed by atoms with van der Waals surface area (Å²) < 4.78 is 18.0. The average Bonchev–Trinajstić information content (AvgIpc) is 3.14. The van der Waals surface area contributed by atoms with Crippen molar-refractivity contribution in [3.8, 4) is 11.5 Å². The van der Waals surface area contributed by atoms with Gasteiger partial charge in [-0.25, -0.2) is 4.79 Å². The molecule has 0 amide bonds. The summed E-state index contributed by atoms with van der Waals surface area (Å²) in [4.78, 5) is 12.4. The minimum atomic E-state index is -0.409. The molecular weight excluding hydrogens is 492 g/mol. The smallest absolute Gasteiger partial charge is 0.343 e. The molecule has 0 fully saturated rings. The summed E-state index contributed by atoms with van der Waals surface area (Å²) in [6.07, 6.45) is 3.49. The summed E-state index contributed by atoms with van der Waals surface area (Å²) in [7, 11) is 0. The van der Waals surface area contributed by atoms with Gasteiger partial charge in [-0.1, -0.05) is 41.9 Å². The molecular formula is C26H20BrClO4. The highest BCUT2D eigenvalue weighted by atomic mass is 79.9. The fourth-order valence-electron chi connectivity index (χ4n) is 3.23. The first-order valence-corrected chi connectivity index (χ1v) is 11.2. The van der Waals surface area contributed by atoms with Crippen LogP contribution >= 0.6 is 27.5 Å². The normalized spacial score (nSPS) is 14.3. The molecule has 1 aliphatic rings. The third-order valence-corrected chi connectivity index (χ3v) is 5.57. The molecule has 0 saturated carbocycles. The van der Waals surface area contributed by atoms with E-state index in [1.807, 2.05) is 61.5 Å². The van der Waals surface area contributed by atoms with Crippen LogP contribution in [0.1, 0.15) is 23.6 Å². The first kappa shape index (κ1) is 22.2. The number of hydrogen-bond donors (Lipinski definition) is 0. The van der Waals surface area contributed by atoms with E-state index in [4.69, 9.17) is 25.8 Å². The summed E-state index contributed by atoms with van der Waals surface area (Å²) in [5, 5.41) is 0.623. The van der Waals surface area contributed by atoms with Crippen molar-refractivity contribution in [3.63, 3.8) is 0 Å². The van der Waals surface area contributed by atoms with E-state index in [0.29, 0.717) is 41.1 Å². The first-order valence-electron chi connectivity index (χ1n) is 10.1. The maximum absolute atomic E-state index is 12.4. The van der Waals surface area contributed by atoms with Crippen molar-refractivity contribution in [2.75, 3.05) is 6.61 Å². The van der Waals surface area contributed by atoms with Gasteiger partial charge >= 0.3 is 5.97 Å². The van der Waals surface area contributed by atoms with Crippen molar-refractivity contribution in [2.45, 2.75) is 13.5 Å². The molecule has 6 heteroatoms. The molecule has 3 aromatic carbocycles. The molecule has 1 heterocycles. The van der Waals surface area contributed by atoms with Crippen LogP contribution in [0, 0.1) is 0 Å². The molecule has 162 valence electrons. The molecule has 1 aliphatic heterocycles. The van der Waals surface area contributed by atoms with Crippen LogP contribution in [0.25, 0.3) is 11.8 Å². The lowest BCUT2D eigenvalue weighted by molar-refractivity contribution is -0.130. The topological polar surface area (TPSA) is 44.8 Å². The monoisotopic (exact) mass is 510 g/mol. The van der Waals surface area contributed by atoms with Gasteiger partial charge < -0.3 is 14.2 Å². The van der Waals surface area contributed by atoms with Crippen molar-refractivity contribution >= 4 is 45.3 Å². The number of esters is 1. The highest BCUT2D eigenvalue weighted by Crippen LogP contribution is 2.38. The van der Waals surface area contributed by atoms with Crippen LogP contribution in [-0.2, 0) is 16.1 Å². The summed E-state index contributed by atoms with van der Waals surface area (Å²) in [6, 6.07) is 20.8. The molecule has 0 saturated heterocycles. The van der Waals surface area contributed by atoms with E-state index in [1.54, 1.807) is 24.3 Å². The number of carbonyl (C=O) groups excluding carboxylic acids is 1. The SMILES string of the molecule is CCOc1cc(/C=C2\C=C(c3ccc(Cl)cc3)OC2=O)cc(Br)c1OCc1ccccc1. The van der Waals surface area contributed by atoms with Gasteiger partial charge in [0.1, 0.15) is 12.4 Å². The Bertz CT molecular complexity index is 1180. The summed E-state index contributed by atoms with van der Waals surface area (Å²) in [5.41, 5.74) is 3.07. The maximum Gasteiger partial charge on any atom is 0.343 e. The number of ether oxygens (including phenoxy) is 3. The Balaban J connectivity index is 1.61. The van der Waals surface area contributed by atoms with Crippen molar-refractivity contribution < 1.29 is 19.0 Å². The highest BCUT2D eigenvalue weighted by Gasteiger charge is 2.22. The first-order chi connectivity index (χ1) is 15.5. The van der Waals surface area contributed by atoms with Crippen molar-refractivity contribution in [2.24, 2.45) is 0 Å². The number of benzene rings is 3. The third kappa shape index (κ3) is 5.23. The van der Waals surface area contributed by atoms with Crippen LogP contribution in [0.3, 0.4) is 0 Å². The van der Waals surface area contributed by atoms with Gasteiger partial charge in [0.15, 0.2) is 11.5 Å². The second-order valence-corrected chi connectivity index (χ2v) is 8.33. The number of hydrogen-bond acceptors (Lipinski definition) is 4. The predicted octanol–water partition coefficient (Wildman–Crippen LogP) is 7.06. The largest absolute Gasteiger partial charge is 0.490 e. The van der Waals surface area contributed by atoms with Crippen LogP contribution in [0.2, 0.25) is 5.02 Å².